The van der Waals surface area contributed by atoms with Gasteiger partial charge < -0.3 is 19.4 Å². The molecule has 2 aliphatic rings. The summed E-state index contributed by atoms with van der Waals surface area (Å²) in [5.41, 5.74) is 0. The Morgan fingerprint density at radius 2 is 1.96 bits per heavy atom. The predicted molar refractivity (Wildman–Crippen MR) is 93.2 cm³/mol. The van der Waals surface area contributed by atoms with E-state index in [1.807, 2.05) is 13.1 Å². The number of urea groups is 1. The highest BCUT2D eigenvalue weighted by Crippen LogP contribution is 2.40. The van der Waals surface area contributed by atoms with Crippen LogP contribution in [0.4, 0.5) is 4.79 Å². The van der Waals surface area contributed by atoms with Crippen molar-refractivity contribution in [2.24, 2.45) is 5.92 Å². The summed E-state index contributed by atoms with van der Waals surface area (Å²) in [6.45, 7) is 11.8. The summed E-state index contributed by atoms with van der Waals surface area (Å²) >= 11 is 0. The van der Waals surface area contributed by atoms with Gasteiger partial charge in [-0.3, -0.25) is 15.0 Å². The van der Waals surface area contributed by atoms with Gasteiger partial charge in [0.25, 0.3) is 0 Å². The molecule has 2 fully saturated rings. The summed E-state index contributed by atoms with van der Waals surface area (Å²) in [5, 5.41) is 22.3. The fourth-order valence-electron chi connectivity index (χ4n) is 2.74. The van der Waals surface area contributed by atoms with E-state index in [1.54, 1.807) is 6.92 Å². The predicted octanol–water partition coefficient (Wildman–Crippen LogP) is 0.643. The van der Waals surface area contributed by atoms with Crippen molar-refractivity contribution in [3.63, 3.8) is 0 Å². The molecule has 5 atom stereocenters. The number of imide groups is 1. The molecule has 0 aliphatic carbocycles. The van der Waals surface area contributed by atoms with Crippen LogP contribution in [0, 0.1) is 5.92 Å². The van der Waals surface area contributed by atoms with Crippen molar-refractivity contribution >= 4 is 20.3 Å². The standard InChI is InChI=1S/C16H30N2O6Si/c1-9-7-18(15(22)17-13(9)21)14-12(11(20)10(8-19)23-14)24-25(5,6)16(2,3)4/h9-12,14,19-20H,7-8H2,1-6H3,(H,17,21,22). The Labute approximate surface area is 149 Å². The number of nitrogens with one attached hydrogen (secondary N) is 1. The minimum atomic E-state index is -2.26. The van der Waals surface area contributed by atoms with Crippen LogP contribution in [-0.2, 0) is 14.0 Å². The third kappa shape index (κ3) is 3.90. The molecule has 2 aliphatic heterocycles. The van der Waals surface area contributed by atoms with Crippen LogP contribution in [0.2, 0.25) is 18.1 Å². The lowest BCUT2D eigenvalue weighted by Crippen LogP contribution is -2.61. The minimum Gasteiger partial charge on any atom is -0.407 e. The minimum absolute atomic E-state index is 0.0953. The number of carbonyl (C=O) groups is 2. The lowest BCUT2D eigenvalue weighted by atomic mass is 10.1. The molecule has 0 aromatic rings. The van der Waals surface area contributed by atoms with Crippen molar-refractivity contribution < 1.29 is 29.0 Å². The molecule has 2 rings (SSSR count). The van der Waals surface area contributed by atoms with Crippen molar-refractivity contribution in [3.8, 4) is 0 Å². The zero-order chi connectivity index (χ0) is 19.2. The van der Waals surface area contributed by atoms with Gasteiger partial charge in [-0.05, 0) is 18.1 Å². The number of ether oxygens (including phenoxy) is 1. The maximum atomic E-state index is 12.3. The summed E-state index contributed by atoms with van der Waals surface area (Å²) < 4.78 is 12.1. The van der Waals surface area contributed by atoms with Crippen LogP contribution in [0.25, 0.3) is 0 Å². The molecule has 2 heterocycles. The first kappa shape index (κ1) is 20.3. The second kappa shape index (κ2) is 6.96. The molecule has 0 radical (unpaired) electrons. The topological polar surface area (TPSA) is 108 Å². The lowest BCUT2D eigenvalue weighted by molar-refractivity contribution is -0.130. The maximum Gasteiger partial charge on any atom is 0.326 e. The summed E-state index contributed by atoms with van der Waals surface area (Å²) in [6, 6.07) is -0.567. The number of hydrogen-bond donors (Lipinski definition) is 3. The van der Waals surface area contributed by atoms with Crippen LogP contribution in [-0.4, -0.2) is 73.1 Å². The van der Waals surface area contributed by atoms with Crippen LogP contribution >= 0.6 is 0 Å². The Morgan fingerprint density at radius 1 is 1.36 bits per heavy atom. The second-order valence-corrected chi connectivity index (χ2v) is 13.2. The summed E-state index contributed by atoms with van der Waals surface area (Å²) in [7, 11) is -2.26. The number of amides is 3. The van der Waals surface area contributed by atoms with E-state index in [0.29, 0.717) is 0 Å². The summed E-state index contributed by atoms with van der Waals surface area (Å²) in [5.74, 6) is -0.722. The normalized spacial score (nSPS) is 34.4. The van der Waals surface area contributed by atoms with Crippen LogP contribution in [0.15, 0.2) is 0 Å². The van der Waals surface area contributed by atoms with E-state index < -0.39 is 38.9 Å². The van der Waals surface area contributed by atoms with Gasteiger partial charge in [0, 0.05) is 6.54 Å². The molecular weight excluding hydrogens is 344 g/mol. The zero-order valence-corrected chi connectivity index (χ0v) is 16.8. The van der Waals surface area contributed by atoms with E-state index >= 15 is 0 Å². The molecule has 0 saturated carbocycles. The van der Waals surface area contributed by atoms with Crippen LogP contribution < -0.4 is 5.32 Å². The molecule has 9 heteroatoms. The average molecular weight is 375 g/mol. The Bertz CT molecular complexity index is 535. The molecule has 8 nitrogen and oxygen atoms in total. The van der Waals surface area contributed by atoms with Crippen LogP contribution in [0.3, 0.4) is 0 Å². The number of hydrogen-bond acceptors (Lipinski definition) is 6. The van der Waals surface area contributed by atoms with E-state index in [4.69, 9.17) is 9.16 Å². The highest BCUT2D eigenvalue weighted by atomic mass is 28.4. The maximum absolute atomic E-state index is 12.3. The SMILES string of the molecule is CC1CN(C2OC(CO)C(O)C2O[Si](C)(C)C(C)(C)C)C(=O)NC1=O. The Hall–Kier alpha value is -1.00. The van der Waals surface area contributed by atoms with Gasteiger partial charge in [0.1, 0.15) is 18.3 Å². The Balaban J connectivity index is 2.28. The second-order valence-electron chi connectivity index (χ2n) is 8.43. The summed E-state index contributed by atoms with van der Waals surface area (Å²) in [6.07, 6.45) is -3.51. The Morgan fingerprint density at radius 3 is 2.48 bits per heavy atom. The molecule has 144 valence electrons. The zero-order valence-electron chi connectivity index (χ0n) is 15.8. The van der Waals surface area contributed by atoms with E-state index in [9.17, 15) is 19.8 Å². The first-order valence-corrected chi connectivity index (χ1v) is 11.5. The van der Waals surface area contributed by atoms with Crippen molar-refractivity contribution in [1.29, 1.82) is 0 Å². The number of aliphatic hydroxyl groups excluding tert-OH is 2. The molecule has 2 saturated heterocycles. The lowest BCUT2D eigenvalue weighted by Gasteiger charge is -2.42. The molecule has 0 aromatic heterocycles. The van der Waals surface area contributed by atoms with Crippen molar-refractivity contribution in [3.05, 3.63) is 0 Å². The monoisotopic (exact) mass is 374 g/mol. The average Bonchev–Trinajstić information content (AvgIpc) is 2.78. The first-order valence-electron chi connectivity index (χ1n) is 8.62. The fourth-order valence-corrected chi connectivity index (χ4v) is 4.03. The van der Waals surface area contributed by atoms with Gasteiger partial charge in [-0.25, -0.2) is 4.79 Å². The van der Waals surface area contributed by atoms with E-state index in [1.165, 1.54) is 4.90 Å². The van der Waals surface area contributed by atoms with Gasteiger partial charge in [0.05, 0.1) is 12.5 Å². The van der Waals surface area contributed by atoms with Gasteiger partial charge in [0.15, 0.2) is 14.5 Å². The molecule has 0 aromatic carbocycles. The summed E-state index contributed by atoms with van der Waals surface area (Å²) in [4.78, 5) is 25.3. The molecule has 3 N–H and O–H groups in total. The van der Waals surface area contributed by atoms with Crippen LogP contribution in [0.5, 0.6) is 0 Å². The van der Waals surface area contributed by atoms with Crippen molar-refractivity contribution in [2.75, 3.05) is 13.2 Å². The highest BCUT2D eigenvalue weighted by Gasteiger charge is 2.53. The number of carbonyl (C=O) groups excluding carboxylic acids is 2. The third-order valence-corrected chi connectivity index (χ3v) is 9.92. The molecule has 25 heavy (non-hydrogen) atoms. The quantitative estimate of drug-likeness (QED) is 0.623. The van der Waals surface area contributed by atoms with E-state index in [-0.39, 0.29) is 30.0 Å². The molecule has 5 unspecified atom stereocenters. The first-order chi connectivity index (χ1) is 11.4. The van der Waals surface area contributed by atoms with E-state index in [0.717, 1.165) is 0 Å². The number of nitrogens with zero attached hydrogens (tertiary/aromatic N) is 1. The molecule has 3 amide bonds. The molecular formula is C16H30N2O6Si. The van der Waals surface area contributed by atoms with Gasteiger partial charge in [-0.15, -0.1) is 0 Å². The van der Waals surface area contributed by atoms with E-state index in [2.05, 4.69) is 26.1 Å². The van der Waals surface area contributed by atoms with Crippen LogP contribution in [0.1, 0.15) is 27.7 Å². The molecule has 0 spiro atoms. The largest absolute Gasteiger partial charge is 0.407 e. The number of aliphatic hydroxyl groups is 2. The van der Waals surface area contributed by atoms with Gasteiger partial charge in [-0.1, -0.05) is 27.7 Å². The Kier molecular flexibility index (Phi) is 5.65. The van der Waals surface area contributed by atoms with Gasteiger partial charge >= 0.3 is 6.03 Å². The van der Waals surface area contributed by atoms with Crippen molar-refractivity contribution in [2.45, 2.75) is 70.4 Å². The smallest absolute Gasteiger partial charge is 0.326 e. The fraction of sp³-hybridized carbons (Fsp3) is 0.875. The van der Waals surface area contributed by atoms with Gasteiger partial charge in [-0.2, -0.15) is 0 Å². The highest BCUT2D eigenvalue weighted by molar-refractivity contribution is 6.74. The molecule has 0 bridgehead atoms. The number of rotatable bonds is 4. The van der Waals surface area contributed by atoms with Crippen molar-refractivity contribution in [1.82, 2.24) is 10.2 Å². The van der Waals surface area contributed by atoms with Gasteiger partial charge in [0.2, 0.25) is 5.91 Å². The third-order valence-electron chi connectivity index (χ3n) is 5.45.